The van der Waals surface area contributed by atoms with Gasteiger partial charge in [0.15, 0.2) is 0 Å². The van der Waals surface area contributed by atoms with Crippen molar-refractivity contribution in [3.05, 3.63) is 53.6 Å². The molecule has 2 heterocycles. The Morgan fingerprint density at radius 3 is 2.72 bits per heavy atom. The van der Waals surface area contributed by atoms with Crippen molar-refractivity contribution < 1.29 is 24.3 Å². The molecule has 0 aliphatic carbocycles. The fourth-order valence-electron chi connectivity index (χ4n) is 3.44. The van der Waals surface area contributed by atoms with Crippen LogP contribution in [0.5, 0.6) is 11.5 Å². The second-order valence-corrected chi connectivity index (χ2v) is 6.80. The van der Waals surface area contributed by atoms with E-state index in [1.807, 2.05) is 31.2 Å². The van der Waals surface area contributed by atoms with Gasteiger partial charge in [-0.15, -0.1) is 0 Å². The Kier molecular flexibility index (Phi) is 6.19. The summed E-state index contributed by atoms with van der Waals surface area (Å²) < 4.78 is 11.5. The van der Waals surface area contributed by atoms with Gasteiger partial charge in [0.25, 0.3) is 5.91 Å². The zero-order valence-corrected chi connectivity index (χ0v) is 16.9. The fourth-order valence-corrected chi connectivity index (χ4v) is 3.44. The van der Waals surface area contributed by atoms with Crippen molar-refractivity contribution in [3.63, 3.8) is 0 Å². The van der Waals surface area contributed by atoms with Crippen LogP contribution in [0.1, 0.15) is 22.8 Å². The van der Waals surface area contributed by atoms with Crippen LogP contribution in [0.25, 0.3) is 0 Å². The highest BCUT2D eigenvalue weighted by atomic mass is 32.1. The fraction of sp³-hybridized carbons (Fsp3) is 0.300. The molecule has 0 fully saturated rings. The summed E-state index contributed by atoms with van der Waals surface area (Å²) in [5.41, 5.74) is 3.46. The molecule has 0 unspecified atom stereocenters. The number of carbonyl (C=O) groups is 2. The van der Waals surface area contributed by atoms with Crippen LogP contribution in [0.2, 0.25) is 0 Å². The van der Waals surface area contributed by atoms with Gasteiger partial charge < -0.3 is 14.4 Å². The van der Waals surface area contributed by atoms with Gasteiger partial charge >= 0.3 is 6.03 Å². The highest BCUT2D eigenvalue weighted by Gasteiger charge is 2.32. The maximum absolute atomic E-state index is 13.4. The second kappa shape index (κ2) is 8.62. The summed E-state index contributed by atoms with van der Waals surface area (Å²) in [6, 6.07) is 12.1. The molecule has 2 aliphatic heterocycles. The molecule has 0 aromatic heterocycles. The first-order valence-electron chi connectivity index (χ1n) is 9.08. The number of amides is 3. The molecule has 3 amide bonds. The molecule has 0 radical (unpaired) electrons. The lowest BCUT2D eigenvalue weighted by Crippen LogP contribution is -2.50. The number of fused-ring (bicyclic) bond motifs is 2. The summed E-state index contributed by atoms with van der Waals surface area (Å²) in [6.45, 7) is 3.50. The van der Waals surface area contributed by atoms with Crippen molar-refractivity contribution in [1.29, 1.82) is 0 Å². The third-order valence-corrected chi connectivity index (χ3v) is 4.99. The number of hydrogen-bond donors (Lipinski definition) is 2. The van der Waals surface area contributed by atoms with Crippen molar-refractivity contribution in [1.82, 2.24) is 10.4 Å². The molecule has 0 saturated heterocycles. The third kappa shape index (κ3) is 3.96. The summed E-state index contributed by atoms with van der Waals surface area (Å²) >= 11 is 0. The highest BCUT2D eigenvalue weighted by molar-refractivity contribution is 7.59. The summed E-state index contributed by atoms with van der Waals surface area (Å²) in [6.07, 6.45) is 0. The Labute approximate surface area is 175 Å². The van der Waals surface area contributed by atoms with Crippen LogP contribution in [-0.2, 0) is 6.54 Å². The number of nitrogens with one attached hydrogen (secondary N) is 1. The van der Waals surface area contributed by atoms with E-state index < -0.39 is 5.91 Å². The normalized spacial score (nSPS) is 17.5. The minimum atomic E-state index is -0.610. The average Bonchev–Trinajstić information content (AvgIpc) is 2.90. The lowest BCUT2D eigenvalue weighted by atomic mass is 10.1. The number of ether oxygens (including phenoxy) is 2. The van der Waals surface area contributed by atoms with E-state index in [1.54, 1.807) is 33.5 Å². The maximum atomic E-state index is 13.4. The second-order valence-electron chi connectivity index (χ2n) is 6.80. The summed E-state index contributed by atoms with van der Waals surface area (Å²) in [5, 5.41) is 8.82. The minimum Gasteiger partial charge on any atom is -0.491 e. The SMILES string of the molecule is C[C@H]1COc2cc(C(=O)NO)ccc2CN1C(=O)N1CCOc2ccccc21.S. The lowest BCUT2D eigenvalue weighted by Gasteiger charge is -2.35. The largest absolute Gasteiger partial charge is 0.491 e. The molecule has 154 valence electrons. The number of anilines is 1. The highest BCUT2D eigenvalue weighted by Crippen LogP contribution is 2.33. The molecule has 29 heavy (non-hydrogen) atoms. The molecule has 2 aliphatic rings. The van der Waals surface area contributed by atoms with Gasteiger partial charge in [-0.25, -0.2) is 10.3 Å². The topological polar surface area (TPSA) is 91.3 Å². The van der Waals surface area contributed by atoms with Crippen molar-refractivity contribution in [2.45, 2.75) is 19.5 Å². The molecule has 9 heteroatoms. The van der Waals surface area contributed by atoms with Crippen molar-refractivity contribution in [2.75, 3.05) is 24.7 Å². The van der Waals surface area contributed by atoms with Gasteiger partial charge in [-0.1, -0.05) is 18.2 Å². The molecule has 4 rings (SSSR count). The van der Waals surface area contributed by atoms with Gasteiger partial charge in [-0.2, -0.15) is 13.5 Å². The molecule has 0 bridgehead atoms. The molecule has 2 aromatic carbocycles. The Balaban J connectivity index is 0.00000240. The number of rotatable bonds is 1. The predicted octanol–water partition coefficient (Wildman–Crippen LogP) is 2.52. The molecular weight excluding hydrogens is 394 g/mol. The van der Waals surface area contributed by atoms with Crippen LogP contribution >= 0.6 is 13.5 Å². The van der Waals surface area contributed by atoms with Gasteiger partial charge in [0.05, 0.1) is 24.8 Å². The molecule has 2 aromatic rings. The monoisotopic (exact) mass is 417 g/mol. The summed E-state index contributed by atoms with van der Waals surface area (Å²) in [5.74, 6) is 0.619. The Hall–Kier alpha value is -2.91. The van der Waals surface area contributed by atoms with E-state index in [9.17, 15) is 9.59 Å². The first-order chi connectivity index (χ1) is 13.6. The number of urea groups is 1. The lowest BCUT2D eigenvalue weighted by molar-refractivity contribution is 0.0706. The molecule has 0 saturated carbocycles. The zero-order chi connectivity index (χ0) is 19.7. The molecule has 8 nitrogen and oxygen atoms in total. The Morgan fingerprint density at radius 1 is 1.14 bits per heavy atom. The molecule has 2 N–H and O–H groups in total. The van der Waals surface area contributed by atoms with Crippen molar-refractivity contribution in [2.24, 2.45) is 0 Å². The van der Waals surface area contributed by atoms with E-state index >= 15 is 0 Å². The third-order valence-electron chi connectivity index (χ3n) is 4.99. The van der Waals surface area contributed by atoms with Crippen LogP contribution in [0, 0.1) is 0 Å². The van der Waals surface area contributed by atoms with Crippen LogP contribution < -0.4 is 19.9 Å². The number of hydrogen-bond acceptors (Lipinski definition) is 5. The van der Waals surface area contributed by atoms with E-state index in [1.165, 1.54) is 0 Å². The Bertz CT molecular complexity index is 923. The van der Waals surface area contributed by atoms with Crippen LogP contribution in [0.4, 0.5) is 10.5 Å². The standard InChI is InChI=1S/C20H21N3O5.H2S/c1-13-12-28-18-10-14(19(24)21-26)6-7-15(18)11-23(13)20(25)22-8-9-27-17-5-3-2-4-16(17)22;/h2-7,10,13,26H,8-9,11-12H2,1H3,(H,21,24);1H2/t13-;/m0./s1. The number of benzene rings is 2. The van der Waals surface area contributed by atoms with Gasteiger partial charge in [0.2, 0.25) is 0 Å². The maximum Gasteiger partial charge on any atom is 0.325 e. The van der Waals surface area contributed by atoms with Crippen LogP contribution in [0.15, 0.2) is 42.5 Å². The number of nitrogens with zero attached hydrogens (tertiary/aromatic N) is 2. The van der Waals surface area contributed by atoms with E-state index in [2.05, 4.69) is 0 Å². The number of hydroxylamine groups is 1. The quantitative estimate of drug-likeness (QED) is 0.550. The van der Waals surface area contributed by atoms with Gasteiger partial charge in [0.1, 0.15) is 24.7 Å². The average molecular weight is 417 g/mol. The van der Waals surface area contributed by atoms with Crippen molar-refractivity contribution >= 4 is 31.1 Å². The van der Waals surface area contributed by atoms with Gasteiger partial charge in [-0.05, 0) is 31.2 Å². The number of carbonyl (C=O) groups excluding carboxylic acids is 2. The predicted molar refractivity (Wildman–Crippen MR) is 111 cm³/mol. The first-order valence-corrected chi connectivity index (χ1v) is 9.08. The van der Waals surface area contributed by atoms with E-state index in [-0.39, 0.29) is 31.1 Å². The molecular formula is C20H23N3O5S. The first kappa shape index (κ1) is 20.8. The van der Waals surface area contributed by atoms with Gasteiger partial charge in [-0.3, -0.25) is 14.9 Å². The van der Waals surface area contributed by atoms with E-state index in [4.69, 9.17) is 14.7 Å². The van der Waals surface area contributed by atoms with Crippen LogP contribution in [-0.4, -0.2) is 47.8 Å². The number of para-hydroxylation sites is 2. The molecule has 0 spiro atoms. The Morgan fingerprint density at radius 2 is 1.93 bits per heavy atom. The smallest absolute Gasteiger partial charge is 0.325 e. The molecule has 1 atom stereocenters. The van der Waals surface area contributed by atoms with Crippen molar-refractivity contribution in [3.8, 4) is 11.5 Å². The van der Waals surface area contributed by atoms with E-state index in [0.717, 1.165) is 11.3 Å². The van der Waals surface area contributed by atoms with E-state index in [0.29, 0.717) is 37.8 Å². The van der Waals surface area contributed by atoms with Gasteiger partial charge in [0, 0.05) is 11.1 Å². The summed E-state index contributed by atoms with van der Waals surface area (Å²) in [4.78, 5) is 28.5. The van der Waals surface area contributed by atoms with Crippen LogP contribution in [0.3, 0.4) is 0 Å². The zero-order valence-electron chi connectivity index (χ0n) is 15.9. The summed E-state index contributed by atoms with van der Waals surface area (Å²) in [7, 11) is 0. The minimum absolute atomic E-state index is 0.